The number of benzene rings is 1. The van der Waals surface area contributed by atoms with E-state index in [1.807, 2.05) is 17.0 Å². The molecule has 6 nitrogen and oxygen atoms in total. The highest BCUT2D eigenvalue weighted by Gasteiger charge is 2.26. The number of likely N-dealkylation sites (N-methyl/N-ethyl adjacent to an activating group) is 1. The van der Waals surface area contributed by atoms with Crippen molar-refractivity contribution in [3.63, 3.8) is 0 Å². The highest BCUT2D eigenvalue weighted by atomic mass is 16.2. The average molecular weight is 290 g/mol. The minimum absolute atomic E-state index is 0.0602. The average Bonchev–Trinajstić information content (AvgIpc) is 2.45. The lowest BCUT2D eigenvalue weighted by Crippen LogP contribution is -2.52. The summed E-state index contributed by atoms with van der Waals surface area (Å²) in [4.78, 5) is 27.3. The maximum Gasteiger partial charge on any atom is 0.312 e. The first-order valence-corrected chi connectivity index (χ1v) is 7.09. The topological polar surface area (TPSA) is 78.7 Å². The Morgan fingerprint density at radius 3 is 2.52 bits per heavy atom. The standard InChI is InChI=1S/C15H22N4O2/c1-11-10-18(2)7-8-19(11)14(20)13-5-3-12(4-6-13)9-17-15(16)21/h3-6,11H,7-10H2,1-2H3,(H3,16,17,21)/t11-/m0/s1. The summed E-state index contributed by atoms with van der Waals surface area (Å²) >= 11 is 0. The molecule has 114 valence electrons. The molecule has 0 spiro atoms. The Morgan fingerprint density at radius 1 is 1.29 bits per heavy atom. The maximum atomic E-state index is 12.5. The molecule has 1 aliphatic heterocycles. The highest BCUT2D eigenvalue weighted by molar-refractivity contribution is 5.94. The van der Waals surface area contributed by atoms with E-state index in [1.54, 1.807) is 12.1 Å². The van der Waals surface area contributed by atoms with Crippen LogP contribution >= 0.6 is 0 Å². The molecule has 2 rings (SSSR count). The van der Waals surface area contributed by atoms with Gasteiger partial charge in [0.15, 0.2) is 0 Å². The summed E-state index contributed by atoms with van der Waals surface area (Å²) in [6.07, 6.45) is 0. The van der Waals surface area contributed by atoms with Gasteiger partial charge in [0.05, 0.1) is 0 Å². The van der Waals surface area contributed by atoms with Crippen LogP contribution in [0.15, 0.2) is 24.3 Å². The summed E-state index contributed by atoms with van der Waals surface area (Å²) in [5.41, 5.74) is 6.62. The number of amides is 3. The van der Waals surface area contributed by atoms with Gasteiger partial charge in [-0.25, -0.2) is 4.79 Å². The highest BCUT2D eigenvalue weighted by Crippen LogP contribution is 2.14. The molecule has 1 aromatic rings. The second kappa shape index (κ2) is 6.58. The zero-order chi connectivity index (χ0) is 15.4. The molecule has 1 aliphatic rings. The van der Waals surface area contributed by atoms with Crippen LogP contribution in [-0.2, 0) is 6.54 Å². The molecule has 1 heterocycles. The van der Waals surface area contributed by atoms with Gasteiger partial charge in [-0.05, 0) is 31.7 Å². The van der Waals surface area contributed by atoms with Gasteiger partial charge < -0.3 is 20.9 Å². The Morgan fingerprint density at radius 2 is 1.95 bits per heavy atom. The summed E-state index contributed by atoms with van der Waals surface area (Å²) in [6, 6.07) is 6.93. The monoisotopic (exact) mass is 290 g/mol. The number of hydrogen-bond donors (Lipinski definition) is 2. The smallest absolute Gasteiger partial charge is 0.312 e. The number of rotatable bonds is 3. The van der Waals surface area contributed by atoms with Crippen molar-refractivity contribution in [1.29, 1.82) is 0 Å². The van der Waals surface area contributed by atoms with E-state index in [0.29, 0.717) is 12.1 Å². The number of nitrogens with zero attached hydrogens (tertiary/aromatic N) is 2. The molecule has 0 aliphatic carbocycles. The number of carbonyl (C=O) groups excluding carboxylic acids is 2. The number of nitrogens with one attached hydrogen (secondary N) is 1. The SMILES string of the molecule is C[C@H]1CN(C)CCN1C(=O)c1ccc(CNC(N)=O)cc1. The fraction of sp³-hybridized carbons (Fsp3) is 0.467. The zero-order valence-corrected chi connectivity index (χ0v) is 12.5. The van der Waals surface area contributed by atoms with Gasteiger partial charge in [0.2, 0.25) is 0 Å². The number of carbonyl (C=O) groups is 2. The van der Waals surface area contributed by atoms with Crippen molar-refractivity contribution in [3.8, 4) is 0 Å². The second-order valence-corrected chi connectivity index (χ2v) is 5.52. The first-order chi connectivity index (χ1) is 9.97. The van der Waals surface area contributed by atoms with Gasteiger partial charge in [-0.3, -0.25) is 4.79 Å². The molecule has 1 aromatic carbocycles. The Balaban J connectivity index is 2.01. The number of urea groups is 1. The molecule has 3 amide bonds. The van der Waals surface area contributed by atoms with Gasteiger partial charge in [0, 0.05) is 37.8 Å². The molecule has 1 atom stereocenters. The van der Waals surface area contributed by atoms with Crippen LogP contribution in [0.1, 0.15) is 22.8 Å². The van der Waals surface area contributed by atoms with Crippen LogP contribution < -0.4 is 11.1 Å². The van der Waals surface area contributed by atoms with Gasteiger partial charge in [-0.15, -0.1) is 0 Å². The lowest BCUT2D eigenvalue weighted by atomic mass is 10.1. The van der Waals surface area contributed by atoms with Crippen LogP contribution in [0.3, 0.4) is 0 Å². The summed E-state index contributed by atoms with van der Waals surface area (Å²) in [5.74, 6) is 0.0602. The summed E-state index contributed by atoms with van der Waals surface area (Å²) in [7, 11) is 2.07. The molecule has 0 aromatic heterocycles. The van der Waals surface area contributed by atoms with Crippen molar-refractivity contribution in [2.45, 2.75) is 19.5 Å². The minimum Gasteiger partial charge on any atom is -0.352 e. The van der Waals surface area contributed by atoms with E-state index in [-0.39, 0.29) is 11.9 Å². The number of nitrogens with two attached hydrogens (primary N) is 1. The Bertz CT molecular complexity index is 515. The molecule has 0 unspecified atom stereocenters. The fourth-order valence-electron chi connectivity index (χ4n) is 2.56. The van der Waals surface area contributed by atoms with Crippen LogP contribution in [0.25, 0.3) is 0 Å². The Hall–Kier alpha value is -2.08. The van der Waals surface area contributed by atoms with Crippen molar-refractivity contribution >= 4 is 11.9 Å². The molecule has 3 N–H and O–H groups in total. The van der Waals surface area contributed by atoms with Crippen LogP contribution in [0, 0.1) is 0 Å². The molecule has 0 radical (unpaired) electrons. The lowest BCUT2D eigenvalue weighted by Gasteiger charge is -2.38. The summed E-state index contributed by atoms with van der Waals surface area (Å²) in [6.45, 7) is 4.98. The van der Waals surface area contributed by atoms with Crippen LogP contribution in [0.4, 0.5) is 4.79 Å². The van der Waals surface area contributed by atoms with Crippen molar-refractivity contribution in [2.24, 2.45) is 5.73 Å². The van der Waals surface area contributed by atoms with Crippen molar-refractivity contribution < 1.29 is 9.59 Å². The van der Waals surface area contributed by atoms with Crippen LogP contribution in [0.2, 0.25) is 0 Å². The quantitative estimate of drug-likeness (QED) is 0.857. The number of primary amides is 1. The zero-order valence-electron chi connectivity index (χ0n) is 12.5. The van der Waals surface area contributed by atoms with Crippen molar-refractivity contribution in [3.05, 3.63) is 35.4 Å². The Kier molecular flexibility index (Phi) is 4.80. The van der Waals surface area contributed by atoms with E-state index in [9.17, 15) is 9.59 Å². The van der Waals surface area contributed by atoms with Crippen molar-refractivity contribution in [2.75, 3.05) is 26.7 Å². The molecule has 0 saturated carbocycles. The van der Waals surface area contributed by atoms with E-state index < -0.39 is 6.03 Å². The van der Waals surface area contributed by atoms with E-state index >= 15 is 0 Å². The van der Waals surface area contributed by atoms with Gasteiger partial charge in [0.1, 0.15) is 0 Å². The second-order valence-electron chi connectivity index (χ2n) is 5.52. The van der Waals surface area contributed by atoms with E-state index in [1.165, 1.54) is 0 Å². The largest absolute Gasteiger partial charge is 0.352 e. The fourth-order valence-corrected chi connectivity index (χ4v) is 2.56. The first kappa shape index (κ1) is 15.3. The molecule has 1 fully saturated rings. The third-order valence-corrected chi connectivity index (χ3v) is 3.76. The third-order valence-electron chi connectivity index (χ3n) is 3.76. The predicted molar refractivity (Wildman–Crippen MR) is 80.9 cm³/mol. The lowest BCUT2D eigenvalue weighted by molar-refractivity contribution is 0.0533. The number of hydrogen-bond acceptors (Lipinski definition) is 3. The van der Waals surface area contributed by atoms with E-state index in [2.05, 4.69) is 24.2 Å². The molecule has 0 bridgehead atoms. The maximum absolute atomic E-state index is 12.5. The third kappa shape index (κ3) is 3.95. The van der Waals surface area contributed by atoms with Crippen molar-refractivity contribution in [1.82, 2.24) is 15.1 Å². The van der Waals surface area contributed by atoms with Gasteiger partial charge in [0.25, 0.3) is 5.91 Å². The first-order valence-electron chi connectivity index (χ1n) is 7.09. The van der Waals surface area contributed by atoms with E-state index in [4.69, 9.17) is 5.73 Å². The summed E-state index contributed by atoms with van der Waals surface area (Å²) in [5, 5.41) is 2.52. The minimum atomic E-state index is -0.554. The molecular weight excluding hydrogens is 268 g/mol. The molecule has 21 heavy (non-hydrogen) atoms. The number of piperazine rings is 1. The Labute approximate surface area is 124 Å². The van der Waals surface area contributed by atoms with Gasteiger partial charge in [-0.2, -0.15) is 0 Å². The van der Waals surface area contributed by atoms with Crippen LogP contribution in [0.5, 0.6) is 0 Å². The van der Waals surface area contributed by atoms with Gasteiger partial charge >= 0.3 is 6.03 Å². The molecule has 6 heteroatoms. The predicted octanol–water partition coefficient (Wildman–Crippen LogP) is 0.631. The van der Waals surface area contributed by atoms with E-state index in [0.717, 1.165) is 25.2 Å². The summed E-state index contributed by atoms with van der Waals surface area (Å²) < 4.78 is 0. The normalized spacial score (nSPS) is 19.3. The van der Waals surface area contributed by atoms with Gasteiger partial charge in [-0.1, -0.05) is 12.1 Å². The molecule has 1 saturated heterocycles. The molecular formula is C15H22N4O2. The van der Waals surface area contributed by atoms with Crippen LogP contribution in [-0.4, -0.2) is 54.5 Å².